The average Bonchev–Trinajstić information content (AvgIpc) is 2.19. The van der Waals surface area contributed by atoms with Crippen molar-refractivity contribution in [1.82, 2.24) is 5.32 Å². The van der Waals surface area contributed by atoms with E-state index in [-0.39, 0.29) is 30.5 Å². The summed E-state index contributed by atoms with van der Waals surface area (Å²) >= 11 is 5.74. The second-order valence-electron chi connectivity index (χ2n) is 2.99. The summed E-state index contributed by atoms with van der Waals surface area (Å²) in [4.78, 5) is 11.2. The van der Waals surface area contributed by atoms with E-state index in [2.05, 4.69) is 5.32 Å². The number of benzene rings is 1. The van der Waals surface area contributed by atoms with Crippen LogP contribution in [-0.4, -0.2) is 24.2 Å². The Morgan fingerprint density at radius 2 is 2.27 bits per heavy atom. The van der Waals surface area contributed by atoms with Crippen LogP contribution in [0.5, 0.6) is 0 Å². The van der Waals surface area contributed by atoms with Crippen molar-refractivity contribution in [3.8, 4) is 0 Å². The molecule has 2 N–H and O–H groups in total. The zero-order valence-electron chi connectivity index (χ0n) is 7.96. The van der Waals surface area contributed by atoms with E-state index in [1.165, 1.54) is 12.1 Å². The number of carbonyl (C=O) groups is 1. The van der Waals surface area contributed by atoms with Gasteiger partial charge in [-0.25, -0.2) is 4.39 Å². The van der Waals surface area contributed by atoms with E-state index in [1.54, 1.807) is 0 Å². The van der Waals surface area contributed by atoms with E-state index in [9.17, 15) is 9.18 Å². The van der Waals surface area contributed by atoms with Crippen molar-refractivity contribution < 1.29 is 14.3 Å². The monoisotopic (exact) mass is 231 g/mol. The lowest BCUT2D eigenvalue weighted by molar-refractivity contribution is -0.120. The van der Waals surface area contributed by atoms with Crippen LogP contribution in [0.2, 0.25) is 5.02 Å². The van der Waals surface area contributed by atoms with E-state index in [0.717, 1.165) is 6.07 Å². The van der Waals surface area contributed by atoms with Gasteiger partial charge in [0.15, 0.2) is 0 Å². The first-order valence-electron chi connectivity index (χ1n) is 4.45. The van der Waals surface area contributed by atoms with Gasteiger partial charge in [-0.05, 0) is 17.7 Å². The molecule has 0 saturated heterocycles. The van der Waals surface area contributed by atoms with Crippen LogP contribution in [0.25, 0.3) is 0 Å². The molecule has 0 atom stereocenters. The smallest absolute Gasteiger partial charge is 0.224 e. The Morgan fingerprint density at radius 1 is 1.53 bits per heavy atom. The number of rotatable bonds is 4. The number of amides is 1. The van der Waals surface area contributed by atoms with Crippen LogP contribution in [0, 0.1) is 5.82 Å². The molecular formula is C10H11ClFNO2. The molecule has 0 aliphatic heterocycles. The van der Waals surface area contributed by atoms with Crippen molar-refractivity contribution in [2.24, 2.45) is 0 Å². The topological polar surface area (TPSA) is 49.3 Å². The number of hydrogen-bond donors (Lipinski definition) is 2. The van der Waals surface area contributed by atoms with Gasteiger partial charge in [-0.1, -0.05) is 17.7 Å². The Kier molecular flexibility index (Phi) is 4.52. The summed E-state index contributed by atoms with van der Waals surface area (Å²) in [5, 5.41) is 11.2. The predicted octanol–water partition coefficient (Wildman–Crippen LogP) is 1.13. The second kappa shape index (κ2) is 5.68. The van der Waals surface area contributed by atoms with Crippen molar-refractivity contribution in [3.05, 3.63) is 34.6 Å². The maximum absolute atomic E-state index is 12.7. The zero-order valence-corrected chi connectivity index (χ0v) is 8.72. The standard InChI is InChI=1S/C10H11ClFNO2/c11-9-6-8(12)2-1-7(9)5-10(15)13-3-4-14/h1-2,6,14H,3-5H2,(H,13,15). The van der Waals surface area contributed by atoms with Crippen molar-refractivity contribution in [2.75, 3.05) is 13.2 Å². The normalized spacial score (nSPS) is 10.1. The summed E-state index contributed by atoms with van der Waals surface area (Å²) in [6, 6.07) is 3.88. The number of hydrogen-bond acceptors (Lipinski definition) is 2. The third kappa shape index (κ3) is 3.85. The number of halogens is 2. The van der Waals surface area contributed by atoms with Gasteiger partial charge in [0.05, 0.1) is 13.0 Å². The fourth-order valence-corrected chi connectivity index (χ4v) is 1.33. The Hall–Kier alpha value is -1.13. The van der Waals surface area contributed by atoms with Crippen LogP contribution < -0.4 is 5.32 Å². The molecule has 82 valence electrons. The highest BCUT2D eigenvalue weighted by Gasteiger charge is 2.07. The highest BCUT2D eigenvalue weighted by Crippen LogP contribution is 2.17. The average molecular weight is 232 g/mol. The van der Waals surface area contributed by atoms with Crippen LogP contribution in [0.15, 0.2) is 18.2 Å². The lowest BCUT2D eigenvalue weighted by atomic mass is 10.1. The van der Waals surface area contributed by atoms with E-state index in [1.807, 2.05) is 0 Å². The SMILES string of the molecule is O=C(Cc1ccc(F)cc1Cl)NCCO. The molecule has 0 saturated carbocycles. The maximum Gasteiger partial charge on any atom is 0.224 e. The largest absolute Gasteiger partial charge is 0.395 e. The molecule has 1 amide bonds. The number of carbonyl (C=O) groups excluding carboxylic acids is 1. The summed E-state index contributed by atoms with van der Waals surface area (Å²) < 4.78 is 12.7. The van der Waals surface area contributed by atoms with Gasteiger partial charge < -0.3 is 10.4 Å². The molecule has 3 nitrogen and oxygen atoms in total. The summed E-state index contributed by atoms with van der Waals surface area (Å²) in [7, 11) is 0. The lowest BCUT2D eigenvalue weighted by Crippen LogP contribution is -2.27. The highest BCUT2D eigenvalue weighted by molar-refractivity contribution is 6.31. The number of aliphatic hydroxyl groups excluding tert-OH is 1. The molecule has 1 rings (SSSR count). The first kappa shape index (κ1) is 11.9. The molecule has 0 bridgehead atoms. The van der Waals surface area contributed by atoms with Gasteiger partial charge in [0.2, 0.25) is 5.91 Å². The van der Waals surface area contributed by atoms with Crippen molar-refractivity contribution in [3.63, 3.8) is 0 Å². The summed E-state index contributed by atoms with van der Waals surface area (Å²) in [5.74, 6) is -0.683. The third-order valence-corrected chi connectivity index (χ3v) is 2.15. The molecule has 0 fully saturated rings. The summed E-state index contributed by atoms with van der Waals surface area (Å²) in [6.45, 7) is 0.0978. The van der Waals surface area contributed by atoms with Crippen molar-refractivity contribution in [1.29, 1.82) is 0 Å². The van der Waals surface area contributed by atoms with E-state index in [0.29, 0.717) is 5.56 Å². The van der Waals surface area contributed by atoms with E-state index in [4.69, 9.17) is 16.7 Å². The highest BCUT2D eigenvalue weighted by atomic mass is 35.5. The summed E-state index contributed by atoms with van der Waals surface area (Å²) in [6.07, 6.45) is 0.0825. The van der Waals surface area contributed by atoms with Gasteiger partial charge in [0.25, 0.3) is 0 Å². The minimum atomic E-state index is -0.431. The van der Waals surface area contributed by atoms with Crippen molar-refractivity contribution >= 4 is 17.5 Å². The van der Waals surface area contributed by atoms with Gasteiger partial charge in [-0.2, -0.15) is 0 Å². The fourth-order valence-electron chi connectivity index (χ4n) is 1.10. The van der Waals surface area contributed by atoms with Crippen LogP contribution in [0.1, 0.15) is 5.56 Å². The minimum Gasteiger partial charge on any atom is -0.395 e. The Balaban J connectivity index is 2.60. The van der Waals surface area contributed by atoms with Crippen LogP contribution in [0.3, 0.4) is 0 Å². The van der Waals surface area contributed by atoms with Crippen LogP contribution >= 0.6 is 11.6 Å². The lowest BCUT2D eigenvalue weighted by Gasteiger charge is -2.05. The fraction of sp³-hybridized carbons (Fsp3) is 0.300. The molecule has 0 radical (unpaired) electrons. The molecule has 0 aliphatic carbocycles. The molecule has 0 unspecified atom stereocenters. The predicted molar refractivity (Wildman–Crippen MR) is 55.2 cm³/mol. The van der Waals surface area contributed by atoms with Gasteiger partial charge >= 0.3 is 0 Å². The minimum absolute atomic E-state index is 0.0825. The van der Waals surface area contributed by atoms with E-state index >= 15 is 0 Å². The van der Waals surface area contributed by atoms with Crippen LogP contribution in [-0.2, 0) is 11.2 Å². The molecule has 5 heteroatoms. The molecule has 0 aliphatic rings. The second-order valence-corrected chi connectivity index (χ2v) is 3.39. The molecule has 0 spiro atoms. The molecule has 1 aromatic rings. The molecule has 0 heterocycles. The van der Waals surface area contributed by atoms with Crippen molar-refractivity contribution in [2.45, 2.75) is 6.42 Å². The first-order valence-corrected chi connectivity index (χ1v) is 4.82. The van der Waals surface area contributed by atoms with Gasteiger partial charge in [0, 0.05) is 11.6 Å². The first-order chi connectivity index (χ1) is 7.13. The van der Waals surface area contributed by atoms with Gasteiger partial charge in [-0.15, -0.1) is 0 Å². The van der Waals surface area contributed by atoms with Crippen LogP contribution in [0.4, 0.5) is 4.39 Å². The Bertz CT molecular complexity index is 357. The van der Waals surface area contributed by atoms with E-state index < -0.39 is 5.82 Å². The molecule has 1 aromatic carbocycles. The number of aliphatic hydroxyl groups is 1. The Labute approximate surface area is 91.9 Å². The number of nitrogens with one attached hydrogen (secondary N) is 1. The third-order valence-electron chi connectivity index (χ3n) is 1.80. The zero-order chi connectivity index (χ0) is 11.3. The molecule has 15 heavy (non-hydrogen) atoms. The molecular weight excluding hydrogens is 221 g/mol. The van der Waals surface area contributed by atoms with Gasteiger partial charge in [-0.3, -0.25) is 4.79 Å². The quantitative estimate of drug-likeness (QED) is 0.816. The maximum atomic E-state index is 12.7. The molecule has 0 aromatic heterocycles. The Morgan fingerprint density at radius 3 is 2.87 bits per heavy atom. The van der Waals surface area contributed by atoms with Gasteiger partial charge in [0.1, 0.15) is 5.82 Å². The summed E-state index contributed by atoms with van der Waals surface area (Å²) in [5.41, 5.74) is 0.563.